The molecule has 4 heteroatoms. The van der Waals surface area contributed by atoms with Crippen molar-refractivity contribution in [3.8, 4) is 0 Å². The first kappa shape index (κ1) is 17.0. The summed E-state index contributed by atoms with van der Waals surface area (Å²) in [6, 6.07) is 8.49. The number of hydrogen-bond donors (Lipinski definition) is 2. The highest BCUT2D eigenvalue weighted by atomic mass is 16.2. The Balaban J connectivity index is 1.25. The van der Waals surface area contributed by atoms with Crippen molar-refractivity contribution in [1.82, 2.24) is 10.2 Å². The third-order valence-electron chi connectivity index (χ3n) is 6.49. The Morgan fingerprint density at radius 1 is 1.12 bits per heavy atom. The number of rotatable bonds is 5. The fourth-order valence-electron chi connectivity index (χ4n) is 4.65. The highest BCUT2D eigenvalue weighted by Crippen LogP contribution is 2.58. The minimum absolute atomic E-state index is 0.225. The molecule has 1 spiro atoms. The van der Waals surface area contributed by atoms with Gasteiger partial charge in [0.25, 0.3) is 0 Å². The van der Waals surface area contributed by atoms with Gasteiger partial charge >= 0.3 is 0 Å². The second-order valence-electron chi connectivity index (χ2n) is 8.21. The number of benzene rings is 1. The Labute approximate surface area is 151 Å². The van der Waals surface area contributed by atoms with E-state index >= 15 is 0 Å². The van der Waals surface area contributed by atoms with Gasteiger partial charge in [-0.1, -0.05) is 18.6 Å². The van der Waals surface area contributed by atoms with Gasteiger partial charge in [0.05, 0.1) is 0 Å². The predicted molar refractivity (Wildman–Crippen MR) is 102 cm³/mol. The summed E-state index contributed by atoms with van der Waals surface area (Å²) in [7, 11) is 0. The van der Waals surface area contributed by atoms with Crippen molar-refractivity contribution in [3.05, 3.63) is 29.8 Å². The first-order valence-electron chi connectivity index (χ1n) is 10.1. The van der Waals surface area contributed by atoms with Gasteiger partial charge in [0.15, 0.2) is 0 Å². The molecule has 3 fully saturated rings. The van der Waals surface area contributed by atoms with E-state index in [9.17, 15) is 4.79 Å². The van der Waals surface area contributed by atoms with Gasteiger partial charge in [0.2, 0.25) is 5.91 Å². The Bertz CT molecular complexity index is 586. The first-order valence-corrected chi connectivity index (χ1v) is 10.1. The van der Waals surface area contributed by atoms with E-state index in [2.05, 4.69) is 39.8 Å². The van der Waals surface area contributed by atoms with Gasteiger partial charge < -0.3 is 15.5 Å². The normalized spacial score (nSPS) is 25.7. The summed E-state index contributed by atoms with van der Waals surface area (Å²) in [5.41, 5.74) is 2.62. The van der Waals surface area contributed by atoms with Crippen molar-refractivity contribution in [2.75, 3.05) is 38.0 Å². The zero-order valence-electron chi connectivity index (χ0n) is 15.2. The monoisotopic (exact) mass is 341 g/mol. The third kappa shape index (κ3) is 4.06. The molecule has 2 aliphatic heterocycles. The molecule has 0 aromatic heterocycles. The maximum absolute atomic E-state index is 12.5. The molecule has 1 aliphatic carbocycles. The molecule has 1 saturated carbocycles. The highest BCUT2D eigenvalue weighted by molar-refractivity contribution is 5.95. The van der Waals surface area contributed by atoms with Crippen LogP contribution in [0.25, 0.3) is 0 Å². The molecule has 4 nitrogen and oxygen atoms in total. The van der Waals surface area contributed by atoms with Crippen molar-refractivity contribution in [2.24, 2.45) is 11.3 Å². The molecule has 1 unspecified atom stereocenters. The van der Waals surface area contributed by atoms with Crippen LogP contribution in [-0.2, 0) is 11.2 Å². The second-order valence-corrected chi connectivity index (χ2v) is 8.21. The van der Waals surface area contributed by atoms with Crippen LogP contribution in [0.2, 0.25) is 0 Å². The largest absolute Gasteiger partial charge is 0.326 e. The van der Waals surface area contributed by atoms with Crippen LogP contribution in [0.4, 0.5) is 5.69 Å². The van der Waals surface area contributed by atoms with E-state index in [4.69, 9.17) is 0 Å². The van der Waals surface area contributed by atoms with E-state index in [0.717, 1.165) is 51.0 Å². The SMILES string of the molecule is O=C(Nc1ccc(CCN2CCCCC2)cc1)C1CC12CCNCC2. The lowest BCUT2D eigenvalue weighted by Gasteiger charge is -2.26. The summed E-state index contributed by atoms with van der Waals surface area (Å²) < 4.78 is 0. The van der Waals surface area contributed by atoms with E-state index in [-0.39, 0.29) is 11.8 Å². The Morgan fingerprint density at radius 3 is 2.56 bits per heavy atom. The van der Waals surface area contributed by atoms with Gasteiger partial charge in [0.1, 0.15) is 0 Å². The van der Waals surface area contributed by atoms with Crippen LogP contribution in [0.15, 0.2) is 24.3 Å². The zero-order valence-corrected chi connectivity index (χ0v) is 15.2. The lowest BCUT2D eigenvalue weighted by atomic mass is 9.92. The lowest BCUT2D eigenvalue weighted by Crippen LogP contribution is -2.31. The van der Waals surface area contributed by atoms with Crippen LogP contribution in [0.5, 0.6) is 0 Å². The van der Waals surface area contributed by atoms with Crippen LogP contribution in [-0.4, -0.2) is 43.5 Å². The van der Waals surface area contributed by atoms with E-state index < -0.39 is 0 Å². The van der Waals surface area contributed by atoms with E-state index in [1.807, 2.05) is 0 Å². The summed E-state index contributed by atoms with van der Waals surface area (Å²) >= 11 is 0. The average Bonchev–Trinajstić information content (AvgIpc) is 3.35. The topological polar surface area (TPSA) is 44.4 Å². The molecule has 136 valence electrons. The highest BCUT2D eigenvalue weighted by Gasteiger charge is 2.57. The van der Waals surface area contributed by atoms with Gasteiger partial charge in [-0.25, -0.2) is 0 Å². The molecular formula is C21H31N3O. The molecule has 4 rings (SSSR count). The van der Waals surface area contributed by atoms with E-state index in [1.54, 1.807) is 0 Å². The summed E-state index contributed by atoms with van der Waals surface area (Å²) in [5, 5.41) is 6.53. The Morgan fingerprint density at radius 2 is 1.84 bits per heavy atom. The molecule has 1 aromatic rings. The summed E-state index contributed by atoms with van der Waals surface area (Å²) in [5.74, 6) is 0.455. The number of nitrogens with zero attached hydrogens (tertiary/aromatic N) is 1. The van der Waals surface area contributed by atoms with Crippen LogP contribution in [0.1, 0.15) is 44.1 Å². The molecule has 2 heterocycles. The van der Waals surface area contributed by atoms with Gasteiger partial charge in [-0.15, -0.1) is 0 Å². The quantitative estimate of drug-likeness (QED) is 0.865. The Kier molecular flexibility index (Phi) is 5.09. The molecule has 25 heavy (non-hydrogen) atoms. The molecule has 3 aliphatic rings. The smallest absolute Gasteiger partial charge is 0.228 e. The van der Waals surface area contributed by atoms with Crippen LogP contribution >= 0.6 is 0 Å². The maximum atomic E-state index is 12.5. The fraction of sp³-hybridized carbons (Fsp3) is 0.667. The third-order valence-corrected chi connectivity index (χ3v) is 6.49. The summed E-state index contributed by atoms with van der Waals surface area (Å²) in [6.07, 6.45) is 8.58. The van der Waals surface area contributed by atoms with Gasteiger partial charge in [-0.3, -0.25) is 4.79 Å². The molecular weight excluding hydrogens is 310 g/mol. The van der Waals surface area contributed by atoms with Crippen LogP contribution in [0, 0.1) is 11.3 Å². The van der Waals surface area contributed by atoms with Crippen LogP contribution < -0.4 is 10.6 Å². The van der Waals surface area contributed by atoms with E-state index in [0.29, 0.717) is 5.41 Å². The van der Waals surface area contributed by atoms with E-state index in [1.165, 1.54) is 37.9 Å². The number of carbonyl (C=O) groups is 1. The van der Waals surface area contributed by atoms with Crippen molar-refractivity contribution in [2.45, 2.75) is 44.9 Å². The molecule has 1 atom stereocenters. The number of likely N-dealkylation sites (tertiary alicyclic amines) is 1. The summed E-state index contributed by atoms with van der Waals surface area (Å²) in [6.45, 7) is 5.80. The van der Waals surface area contributed by atoms with Crippen molar-refractivity contribution in [3.63, 3.8) is 0 Å². The molecule has 2 N–H and O–H groups in total. The number of amides is 1. The number of nitrogens with one attached hydrogen (secondary N) is 2. The number of carbonyl (C=O) groups excluding carboxylic acids is 1. The molecule has 1 aromatic carbocycles. The molecule has 0 bridgehead atoms. The van der Waals surface area contributed by atoms with Gasteiger partial charge in [-0.05, 0) is 87.8 Å². The summed E-state index contributed by atoms with van der Waals surface area (Å²) in [4.78, 5) is 15.1. The lowest BCUT2D eigenvalue weighted by molar-refractivity contribution is -0.118. The van der Waals surface area contributed by atoms with Crippen molar-refractivity contribution < 1.29 is 4.79 Å². The van der Waals surface area contributed by atoms with Crippen molar-refractivity contribution >= 4 is 11.6 Å². The number of piperidine rings is 2. The zero-order chi connectivity index (χ0) is 17.1. The molecule has 2 saturated heterocycles. The van der Waals surface area contributed by atoms with Crippen LogP contribution in [0.3, 0.4) is 0 Å². The van der Waals surface area contributed by atoms with Gasteiger partial charge in [-0.2, -0.15) is 0 Å². The molecule has 1 amide bonds. The average molecular weight is 341 g/mol. The van der Waals surface area contributed by atoms with Gasteiger partial charge in [0, 0.05) is 18.2 Å². The number of hydrogen-bond acceptors (Lipinski definition) is 3. The van der Waals surface area contributed by atoms with Crippen molar-refractivity contribution in [1.29, 1.82) is 0 Å². The second kappa shape index (κ2) is 7.46. The standard InChI is InChI=1S/C21H31N3O/c25-20(19-16-21(19)9-11-22-12-10-21)23-18-6-4-17(5-7-18)8-15-24-13-2-1-3-14-24/h4-7,19,22H,1-3,8-16H2,(H,23,25). The number of anilines is 1. The minimum Gasteiger partial charge on any atom is -0.326 e. The minimum atomic E-state index is 0.225. The Hall–Kier alpha value is -1.39. The maximum Gasteiger partial charge on any atom is 0.228 e. The fourth-order valence-corrected chi connectivity index (χ4v) is 4.65. The first-order chi connectivity index (χ1) is 12.3. The predicted octanol–water partition coefficient (Wildman–Crippen LogP) is 3.04. The molecule has 0 radical (unpaired) electrons.